The highest BCUT2D eigenvalue weighted by Crippen LogP contribution is 2.34. The van der Waals surface area contributed by atoms with Gasteiger partial charge in [-0.15, -0.1) is 0 Å². The molecule has 1 fully saturated rings. The summed E-state index contributed by atoms with van der Waals surface area (Å²) in [6, 6.07) is 5.60. The SMILES string of the molecule is Cc1cccc(C(=O)N2CCCCC2c2n[nH]c3c2COCC3)n1. The smallest absolute Gasteiger partial charge is 0.273 e. The van der Waals surface area contributed by atoms with Crippen LogP contribution in [0.2, 0.25) is 0 Å². The Balaban J connectivity index is 1.66. The van der Waals surface area contributed by atoms with Gasteiger partial charge in [0.25, 0.3) is 5.91 Å². The number of rotatable bonds is 2. The number of nitrogens with zero attached hydrogens (tertiary/aromatic N) is 3. The van der Waals surface area contributed by atoms with Crippen LogP contribution in [0.1, 0.15) is 58.4 Å². The second-order valence-corrected chi connectivity index (χ2v) is 6.54. The molecule has 1 amide bonds. The standard InChI is InChI=1S/C18H22N4O2/c1-12-5-4-6-15(19-12)18(23)22-9-3-2-7-16(22)17-13-11-24-10-8-14(13)20-21-17/h4-6,16H,2-3,7-11H2,1H3,(H,20,21). The van der Waals surface area contributed by atoms with Crippen LogP contribution in [-0.4, -0.2) is 39.1 Å². The Bertz CT molecular complexity index is 755. The van der Waals surface area contributed by atoms with Crippen molar-refractivity contribution in [1.82, 2.24) is 20.1 Å². The molecule has 0 spiro atoms. The molecule has 2 aliphatic heterocycles. The van der Waals surface area contributed by atoms with E-state index < -0.39 is 0 Å². The first-order chi connectivity index (χ1) is 11.7. The molecule has 4 rings (SSSR count). The molecule has 0 radical (unpaired) electrons. The highest BCUT2D eigenvalue weighted by Gasteiger charge is 2.33. The van der Waals surface area contributed by atoms with Crippen LogP contribution < -0.4 is 0 Å². The molecule has 2 aliphatic rings. The van der Waals surface area contributed by atoms with Gasteiger partial charge in [-0.3, -0.25) is 9.89 Å². The minimum Gasteiger partial charge on any atom is -0.376 e. The molecule has 6 nitrogen and oxygen atoms in total. The van der Waals surface area contributed by atoms with Gasteiger partial charge in [0, 0.05) is 29.9 Å². The Kier molecular flexibility index (Phi) is 4.06. The van der Waals surface area contributed by atoms with Gasteiger partial charge in [-0.2, -0.15) is 5.10 Å². The van der Waals surface area contributed by atoms with Crippen LogP contribution >= 0.6 is 0 Å². The van der Waals surface area contributed by atoms with Gasteiger partial charge < -0.3 is 9.64 Å². The maximum absolute atomic E-state index is 13.0. The number of piperidine rings is 1. The van der Waals surface area contributed by atoms with Crippen molar-refractivity contribution in [2.75, 3.05) is 13.2 Å². The normalized spacial score (nSPS) is 20.7. The molecule has 6 heteroatoms. The molecule has 2 aromatic heterocycles. The van der Waals surface area contributed by atoms with Crippen LogP contribution in [0.3, 0.4) is 0 Å². The van der Waals surface area contributed by atoms with E-state index in [0.29, 0.717) is 12.3 Å². The van der Waals surface area contributed by atoms with Crippen LogP contribution in [0.4, 0.5) is 0 Å². The molecule has 0 bridgehead atoms. The number of hydrogen-bond acceptors (Lipinski definition) is 4. The summed E-state index contributed by atoms with van der Waals surface area (Å²) in [5.74, 6) is -0.00289. The summed E-state index contributed by atoms with van der Waals surface area (Å²) in [6.45, 7) is 3.98. The Morgan fingerprint density at radius 1 is 1.38 bits per heavy atom. The van der Waals surface area contributed by atoms with Crippen LogP contribution in [0, 0.1) is 6.92 Å². The number of amides is 1. The molecular weight excluding hydrogens is 304 g/mol. The molecular formula is C18H22N4O2. The molecule has 4 heterocycles. The molecule has 126 valence electrons. The molecule has 0 aromatic carbocycles. The fourth-order valence-corrected chi connectivity index (χ4v) is 3.68. The Labute approximate surface area is 141 Å². The first-order valence-electron chi connectivity index (χ1n) is 8.62. The molecule has 2 aromatic rings. The lowest BCUT2D eigenvalue weighted by atomic mass is 9.95. The monoisotopic (exact) mass is 326 g/mol. The van der Waals surface area contributed by atoms with Crippen molar-refractivity contribution in [2.24, 2.45) is 0 Å². The number of hydrogen-bond donors (Lipinski definition) is 1. The van der Waals surface area contributed by atoms with Crippen molar-refractivity contribution in [3.05, 3.63) is 46.5 Å². The Hall–Kier alpha value is -2.21. The van der Waals surface area contributed by atoms with Crippen molar-refractivity contribution < 1.29 is 9.53 Å². The number of aryl methyl sites for hydroxylation is 1. The fraction of sp³-hybridized carbons (Fsp3) is 0.500. The lowest BCUT2D eigenvalue weighted by molar-refractivity contribution is 0.0590. The number of pyridine rings is 1. The number of aromatic nitrogens is 3. The lowest BCUT2D eigenvalue weighted by Gasteiger charge is -2.35. The van der Waals surface area contributed by atoms with E-state index in [2.05, 4.69) is 15.2 Å². The average molecular weight is 326 g/mol. The molecule has 1 N–H and O–H groups in total. The summed E-state index contributed by atoms with van der Waals surface area (Å²) in [5.41, 5.74) is 4.65. The zero-order valence-corrected chi connectivity index (χ0v) is 13.9. The minimum atomic E-state index is -0.00289. The molecule has 24 heavy (non-hydrogen) atoms. The van der Waals surface area contributed by atoms with E-state index in [1.807, 2.05) is 24.0 Å². The molecule has 1 unspecified atom stereocenters. The van der Waals surface area contributed by atoms with Crippen molar-refractivity contribution in [3.8, 4) is 0 Å². The van der Waals surface area contributed by atoms with E-state index in [0.717, 1.165) is 61.5 Å². The number of fused-ring (bicyclic) bond motifs is 1. The van der Waals surface area contributed by atoms with E-state index in [1.165, 1.54) is 0 Å². The quantitative estimate of drug-likeness (QED) is 0.920. The van der Waals surface area contributed by atoms with Gasteiger partial charge in [0.15, 0.2) is 0 Å². The van der Waals surface area contributed by atoms with Crippen molar-refractivity contribution >= 4 is 5.91 Å². The number of ether oxygens (including phenoxy) is 1. The third kappa shape index (κ3) is 2.71. The van der Waals surface area contributed by atoms with Gasteiger partial charge >= 0.3 is 0 Å². The maximum Gasteiger partial charge on any atom is 0.273 e. The minimum absolute atomic E-state index is 0.00289. The van der Waals surface area contributed by atoms with E-state index >= 15 is 0 Å². The third-order valence-electron chi connectivity index (χ3n) is 4.91. The summed E-state index contributed by atoms with van der Waals surface area (Å²) >= 11 is 0. The van der Waals surface area contributed by atoms with Crippen molar-refractivity contribution in [3.63, 3.8) is 0 Å². The summed E-state index contributed by atoms with van der Waals surface area (Å²) in [4.78, 5) is 19.4. The van der Waals surface area contributed by atoms with Gasteiger partial charge in [0.1, 0.15) is 5.69 Å². The third-order valence-corrected chi connectivity index (χ3v) is 4.91. The zero-order chi connectivity index (χ0) is 16.5. The van der Waals surface area contributed by atoms with Crippen LogP contribution in [0.25, 0.3) is 0 Å². The lowest BCUT2D eigenvalue weighted by Crippen LogP contribution is -2.39. The second-order valence-electron chi connectivity index (χ2n) is 6.54. The van der Waals surface area contributed by atoms with Crippen LogP contribution in [0.15, 0.2) is 18.2 Å². The van der Waals surface area contributed by atoms with E-state index in [9.17, 15) is 4.79 Å². The highest BCUT2D eigenvalue weighted by atomic mass is 16.5. The van der Waals surface area contributed by atoms with Gasteiger partial charge in [-0.1, -0.05) is 6.07 Å². The number of likely N-dealkylation sites (tertiary alicyclic amines) is 1. The fourth-order valence-electron chi connectivity index (χ4n) is 3.68. The van der Waals surface area contributed by atoms with Crippen LogP contribution in [0.5, 0.6) is 0 Å². The molecule has 0 aliphatic carbocycles. The first kappa shape index (κ1) is 15.3. The summed E-state index contributed by atoms with van der Waals surface area (Å²) in [7, 11) is 0. The number of aromatic amines is 1. The van der Waals surface area contributed by atoms with E-state index in [-0.39, 0.29) is 11.9 Å². The van der Waals surface area contributed by atoms with Crippen molar-refractivity contribution in [2.45, 2.75) is 45.3 Å². The maximum atomic E-state index is 13.0. The zero-order valence-electron chi connectivity index (χ0n) is 13.9. The highest BCUT2D eigenvalue weighted by molar-refractivity contribution is 5.92. The molecule has 1 atom stereocenters. The largest absolute Gasteiger partial charge is 0.376 e. The second kappa shape index (κ2) is 6.36. The first-order valence-corrected chi connectivity index (χ1v) is 8.62. The topological polar surface area (TPSA) is 71.1 Å². The summed E-state index contributed by atoms with van der Waals surface area (Å²) < 4.78 is 5.61. The van der Waals surface area contributed by atoms with Gasteiger partial charge in [-0.25, -0.2) is 4.98 Å². The number of carbonyl (C=O) groups is 1. The van der Waals surface area contributed by atoms with Crippen LogP contribution in [-0.2, 0) is 17.8 Å². The average Bonchev–Trinajstić information content (AvgIpc) is 3.05. The Morgan fingerprint density at radius 3 is 3.17 bits per heavy atom. The predicted molar refractivity (Wildman–Crippen MR) is 88.6 cm³/mol. The van der Waals surface area contributed by atoms with Gasteiger partial charge in [0.05, 0.1) is 24.9 Å². The van der Waals surface area contributed by atoms with Gasteiger partial charge in [0.2, 0.25) is 0 Å². The predicted octanol–water partition coefficient (Wildman–Crippen LogP) is 2.55. The Morgan fingerprint density at radius 2 is 2.29 bits per heavy atom. The molecule has 1 saturated heterocycles. The number of H-pyrrole nitrogens is 1. The van der Waals surface area contributed by atoms with Crippen molar-refractivity contribution in [1.29, 1.82) is 0 Å². The number of nitrogens with one attached hydrogen (secondary N) is 1. The summed E-state index contributed by atoms with van der Waals surface area (Å²) in [5, 5.41) is 7.69. The number of carbonyl (C=O) groups excluding carboxylic acids is 1. The van der Waals surface area contributed by atoms with E-state index in [4.69, 9.17) is 4.74 Å². The molecule has 0 saturated carbocycles. The van der Waals surface area contributed by atoms with E-state index in [1.54, 1.807) is 6.07 Å². The van der Waals surface area contributed by atoms with Gasteiger partial charge in [-0.05, 0) is 38.3 Å². The summed E-state index contributed by atoms with van der Waals surface area (Å²) in [6.07, 6.45) is 3.94.